The van der Waals surface area contributed by atoms with E-state index in [1.54, 1.807) is 72.8 Å². The summed E-state index contributed by atoms with van der Waals surface area (Å²) < 4.78 is 0. The first-order valence-corrected chi connectivity index (χ1v) is 12.2. The first-order valence-electron chi connectivity index (χ1n) is 12.2. The van der Waals surface area contributed by atoms with Gasteiger partial charge in [-0.1, -0.05) is 152 Å². The Labute approximate surface area is 220 Å². The molecule has 0 radical (unpaired) electrons. The zero-order valence-electron chi connectivity index (χ0n) is 22.9. The summed E-state index contributed by atoms with van der Waals surface area (Å²) in [6.45, 7) is 20.5. The number of hydrogen-bond acceptors (Lipinski definition) is 3. The molecule has 3 N–H and O–H groups in total. The fourth-order valence-corrected chi connectivity index (χ4v) is 1.28. The zero-order valence-corrected chi connectivity index (χ0v) is 22.9. The normalized spacial score (nSPS) is 6.69. The van der Waals surface area contributed by atoms with E-state index in [4.69, 9.17) is 15.3 Å². The van der Waals surface area contributed by atoms with Crippen LogP contribution in [-0.2, 0) is 0 Å². The summed E-state index contributed by atoms with van der Waals surface area (Å²) in [6.07, 6.45) is 2.50. The lowest BCUT2D eigenvalue weighted by molar-refractivity contribution is 0.475. The number of benzene rings is 3. The summed E-state index contributed by atoms with van der Waals surface area (Å²) in [5, 5.41) is 25.9. The van der Waals surface area contributed by atoms with Gasteiger partial charge in [-0.3, -0.25) is 0 Å². The van der Waals surface area contributed by atoms with Crippen LogP contribution < -0.4 is 0 Å². The van der Waals surface area contributed by atoms with Crippen molar-refractivity contribution in [2.45, 2.75) is 96.9 Å². The molecule has 3 aromatic carbocycles. The third kappa shape index (κ3) is 59.1. The summed E-state index contributed by atoms with van der Waals surface area (Å²) in [6, 6.07) is 26.1. The third-order valence-corrected chi connectivity index (χ3v) is 2.27. The van der Waals surface area contributed by atoms with Gasteiger partial charge in [0.25, 0.3) is 0 Å². The van der Waals surface area contributed by atoms with E-state index in [1.165, 1.54) is 12.8 Å². The molecule has 0 aliphatic heterocycles. The highest BCUT2D eigenvalue weighted by Gasteiger charge is 1.76. The summed E-state index contributed by atoms with van der Waals surface area (Å²) in [4.78, 5) is 0. The van der Waals surface area contributed by atoms with Gasteiger partial charge in [0.2, 0.25) is 0 Å². The Hall–Kier alpha value is -2.94. The smallest absolute Gasteiger partial charge is 0.115 e. The second kappa shape index (κ2) is 52.8. The molecule has 0 bridgehead atoms. The van der Waals surface area contributed by atoms with Crippen molar-refractivity contribution in [3.63, 3.8) is 0 Å². The van der Waals surface area contributed by atoms with Crippen LogP contribution in [0.25, 0.3) is 0 Å². The summed E-state index contributed by atoms with van der Waals surface area (Å²) in [7, 11) is 0. The van der Waals surface area contributed by atoms with Gasteiger partial charge < -0.3 is 15.3 Å². The van der Waals surface area contributed by atoms with E-state index in [0.29, 0.717) is 17.2 Å². The van der Waals surface area contributed by atoms with Gasteiger partial charge in [0, 0.05) is 0 Å². The van der Waals surface area contributed by atoms with Crippen molar-refractivity contribution >= 4 is 0 Å². The van der Waals surface area contributed by atoms with Gasteiger partial charge in [0.15, 0.2) is 0 Å². The standard InChI is InChI=1S/3C6H6O.2C3H8.3C2H6.2CH4/c3*7-6-4-2-1-3-5-6;2*1-3-2;3*1-2;;/h3*1-5,7H;2*3H2,1-2H3;3*1-2H3;2*1H4. The first kappa shape index (κ1) is 49.2. The molecule has 0 aliphatic rings. The molecule has 0 amide bonds. The minimum absolute atomic E-state index is 0. The number of aromatic hydroxyl groups is 3. The van der Waals surface area contributed by atoms with Crippen LogP contribution in [0.15, 0.2) is 91.0 Å². The minimum atomic E-state index is 0. The van der Waals surface area contributed by atoms with Gasteiger partial charge in [-0.25, -0.2) is 0 Å². The van der Waals surface area contributed by atoms with Crippen LogP contribution in [0.4, 0.5) is 0 Å². The summed E-state index contributed by atoms with van der Waals surface area (Å²) in [5.74, 6) is 0.965. The molecule has 0 spiro atoms. The first-order chi connectivity index (χ1) is 16.0. The maximum absolute atomic E-state index is 8.63. The highest BCUT2D eigenvalue weighted by Crippen LogP contribution is 2.04. The Morgan fingerprint density at radius 3 is 0.543 bits per heavy atom. The topological polar surface area (TPSA) is 60.7 Å². The van der Waals surface area contributed by atoms with Gasteiger partial charge in [0.05, 0.1) is 0 Å². The average Bonchev–Trinajstić information content (AvgIpc) is 2.86. The molecule has 0 fully saturated rings. The fourth-order valence-electron chi connectivity index (χ4n) is 1.28. The SMILES string of the molecule is C.C.CC.CC.CC.CCC.CCC.Oc1ccccc1.Oc1ccccc1.Oc1ccccc1. The van der Waals surface area contributed by atoms with Crippen LogP contribution in [-0.4, -0.2) is 15.3 Å². The molecule has 0 atom stereocenters. The van der Waals surface area contributed by atoms with E-state index < -0.39 is 0 Å². The Balaban J connectivity index is -0.0000000541. The second-order valence-corrected chi connectivity index (χ2v) is 5.42. The lowest BCUT2D eigenvalue weighted by atomic mass is 10.3. The predicted octanol–water partition coefficient (Wildman–Crippen LogP) is 11.4. The molecule has 35 heavy (non-hydrogen) atoms. The Bertz CT molecular complexity index is 521. The molecule has 0 aromatic heterocycles. The lowest BCUT2D eigenvalue weighted by Gasteiger charge is -1.82. The van der Waals surface area contributed by atoms with Crippen LogP contribution >= 0.6 is 0 Å². The van der Waals surface area contributed by atoms with Gasteiger partial charge in [-0.15, -0.1) is 0 Å². The zero-order chi connectivity index (χ0) is 26.8. The second-order valence-electron chi connectivity index (χ2n) is 5.42. The molecule has 0 heterocycles. The van der Waals surface area contributed by atoms with Crippen LogP contribution in [0.5, 0.6) is 17.2 Å². The van der Waals surface area contributed by atoms with Crippen LogP contribution in [0.2, 0.25) is 0 Å². The highest BCUT2D eigenvalue weighted by molar-refractivity contribution is 5.19. The van der Waals surface area contributed by atoms with Crippen LogP contribution in [0.3, 0.4) is 0 Å². The molecule has 0 unspecified atom stereocenters. The highest BCUT2D eigenvalue weighted by atomic mass is 16.3. The monoisotopic (exact) mass is 492 g/mol. The maximum Gasteiger partial charge on any atom is 0.115 e. The largest absolute Gasteiger partial charge is 0.508 e. The van der Waals surface area contributed by atoms with Crippen molar-refractivity contribution in [1.29, 1.82) is 0 Å². The molecular weight excluding hydrogens is 432 g/mol. The molecule has 3 aromatic rings. The van der Waals surface area contributed by atoms with Crippen LogP contribution in [0, 0.1) is 0 Å². The van der Waals surface area contributed by atoms with Gasteiger partial charge in [-0.05, 0) is 36.4 Å². The van der Waals surface area contributed by atoms with E-state index >= 15 is 0 Å². The number of para-hydroxylation sites is 3. The molecular formula is C32H60O3. The molecule has 0 aliphatic carbocycles. The predicted molar refractivity (Wildman–Crippen MR) is 164 cm³/mol. The van der Waals surface area contributed by atoms with Crippen LogP contribution in [0.1, 0.15) is 96.9 Å². The van der Waals surface area contributed by atoms with Crippen molar-refractivity contribution in [2.75, 3.05) is 0 Å². The van der Waals surface area contributed by atoms with Gasteiger partial charge in [0.1, 0.15) is 17.2 Å². The molecule has 0 saturated heterocycles. The minimum Gasteiger partial charge on any atom is -0.508 e. The van der Waals surface area contributed by atoms with E-state index in [-0.39, 0.29) is 14.9 Å². The van der Waals surface area contributed by atoms with E-state index in [0.717, 1.165) is 0 Å². The molecule has 206 valence electrons. The van der Waals surface area contributed by atoms with E-state index in [1.807, 2.05) is 59.7 Å². The number of phenolic OH excluding ortho intramolecular Hbond substituents is 3. The van der Waals surface area contributed by atoms with E-state index in [9.17, 15) is 0 Å². The summed E-state index contributed by atoms with van der Waals surface area (Å²) >= 11 is 0. The number of rotatable bonds is 0. The quantitative estimate of drug-likeness (QED) is 0.292. The van der Waals surface area contributed by atoms with Crippen molar-refractivity contribution in [3.8, 4) is 17.2 Å². The van der Waals surface area contributed by atoms with Crippen molar-refractivity contribution in [3.05, 3.63) is 91.0 Å². The van der Waals surface area contributed by atoms with Gasteiger partial charge >= 0.3 is 0 Å². The average molecular weight is 493 g/mol. The lowest BCUT2D eigenvalue weighted by Crippen LogP contribution is -1.56. The Kier molecular flexibility index (Phi) is 74.3. The molecule has 3 heteroatoms. The number of hydrogen-bond donors (Lipinski definition) is 3. The Morgan fingerprint density at radius 2 is 0.486 bits per heavy atom. The molecule has 3 rings (SSSR count). The molecule has 0 saturated carbocycles. The number of phenols is 3. The van der Waals surface area contributed by atoms with Crippen molar-refractivity contribution in [1.82, 2.24) is 0 Å². The molecule has 3 nitrogen and oxygen atoms in total. The van der Waals surface area contributed by atoms with Crippen molar-refractivity contribution in [2.24, 2.45) is 0 Å². The van der Waals surface area contributed by atoms with E-state index in [2.05, 4.69) is 27.7 Å². The Morgan fingerprint density at radius 1 is 0.371 bits per heavy atom. The fraction of sp³-hybridized carbons (Fsp3) is 0.438. The third-order valence-electron chi connectivity index (χ3n) is 2.27. The van der Waals surface area contributed by atoms with Crippen molar-refractivity contribution < 1.29 is 15.3 Å². The maximum atomic E-state index is 8.63. The van der Waals surface area contributed by atoms with Gasteiger partial charge in [-0.2, -0.15) is 0 Å². The summed E-state index contributed by atoms with van der Waals surface area (Å²) in [5.41, 5.74) is 0.